The topological polar surface area (TPSA) is 43.6 Å². The number of hydrogen-bond donors (Lipinski definition) is 0. The standard InChI is InChI=1S/C7H8N4/c1-2-11-7-5-8-4-3-6(7)9-10-11/h3-5H,2H2,1H3. The summed E-state index contributed by atoms with van der Waals surface area (Å²) in [5.41, 5.74) is 1.90. The van der Waals surface area contributed by atoms with E-state index < -0.39 is 0 Å². The highest BCUT2D eigenvalue weighted by atomic mass is 15.4. The normalized spacial score (nSPS) is 10.6. The maximum atomic E-state index is 3.99. The van der Waals surface area contributed by atoms with E-state index in [4.69, 9.17) is 0 Å². The van der Waals surface area contributed by atoms with E-state index in [0.717, 1.165) is 17.6 Å². The highest BCUT2D eigenvalue weighted by molar-refractivity contribution is 5.72. The molecule has 0 saturated carbocycles. The van der Waals surface area contributed by atoms with E-state index in [-0.39, 0.29) is 0 Å². The molecule has 0 aliphatic heterocycles. The Morgan fingerprint density at radius 3 is 3.27 bits per heavy atom. The quantitative estimate of drug-likeness (QED) is 0.602. The van der Waals surface area contributed by atoms with Crippen LogP contribution in [0.1, 0.15) is 6.92 Å². The monoisotopic (exact) mass is 148 g/mol. The molecule has 0 atom stereocenters. The van der Waals surface area contributed by atoms with Crippen molar-refractivity contribution in [3.05, 3.63) is 18.5 Å². The highest BCUT2D eigenvalue weighted by Gasteiger charge is 1.99. The van der Waals surface area contributed by atoms with E-state index in [1.165, 1.54) is 0 Å². The summed E-state index contributed by atoms with van der Waals surface area (Å²) < 4.78 is 1.82. The molecule has 0 amide bonds. The van der Waals surface area contributed by atoms with Crippen LogP contribution in [0, 0.1) is 0 Å². The van der Waals surface area contributed by atoms with Gasteiger partial charge in [0.1, 0.15) is 11.0 Å². The lowest BCUT2D eigenvalue weighted by atomic mass is 10.4. The number of rotatable bonds is 1. The zero-order valence-corrected chi connectivity index (χ0v) is 6.23. The Morgan fingerprint density at radius 2 is 2.45 bits per heavy atom. The van der Waals surface area contributed by atoms with Gasteiger partial charge >= 0.3 is 0 Å². The Hall–Kier alpha value is -1.45. The van der Waals surface area contributed by atoms with Crippen molar-refractivity contribution in [1.82, 2.24) is 20.0 Å². The lowest BCUT2D eigenvalue weighted by molar-refractivity contribution is 0.646. The summed E-state index contributed by atoms with van der Waals surface area (Å²) in [7, 11) is 0. The molecule has 0 fully saturated rings. The SMILES string of the molecule is CCn1nnc2ccncc21. The molecule has 0 aromatic carbocycles. The van der Waals surface area contributed by atoms with Crippen LogP contribution in [-0.2, 0) is 6.54 Å². The van der Waals surface area contributed by atoms with Crippen molar-refractivity contribution in [3.8, 4) is 0 Å². The highest BCUT2D eigenvalue weighted by Crippen LogP contribution is 2.06. The molecule has 2 rings (SSSR count). The van der Waals surface area contributed by atoms with Crippen molar-refractivity contribution in [2.24, 2.45) is 0 Å². The molecule has 0 spiro atoms. The van der Waals surface area contributed by atoms with Gasteiger partial charge in [0.25, 0.3) is 0 Å². The zero-order chi connectivity index (χ0) is 7.68. The smallest absolute Gasteiger partial charge is 0.116 e. The molecule has 2 aromatic heterocycles. The summed E-state index contributed by atoms with van der Waals surface area (Å²) >= 11 is 0. The Labute approximate surface area is 63.9 Å². The van der Waals surface area contributed by atoms with Gasteiger partial charge in [-0.15, -0.1) is 5.10 Å². The number of aryl methyl sites for hydroxylation is 1. The van der Waals surface area contributed by atoms with Crippen molar-refractivity contribution in [1.29, 1.82) is 0 Å². The van der Waals surface area contributed by atoms with Crippen LogP contribution in [0.2, 0.25) is 0 Å². The van der Waals surface area contributed by atoms with Crippen molar-refractivity contribution < 1.29 is 0 Å². The lowest BCUT2D eigenvalue weighted by Gasteiger charge is -1.92. The lowest BCUT2D eigenvalue weighted by Crippen LogP contribution is -1.95. The third kappa shape index (κ3) is 0.869. The van der Waals surface area contributed by atoms with Crippen LogP contribution >= 0.6 is 0 Å². The molecular formula is C7H8N4. The van der Waals surface area contributed by atoms with Gasteiger partial charge in [0.2, 0.25) is 0 Å². The number of aromatic nitrogens is 4. The van der Waals surface area contributed by atoms with Crippen LogP contribution in [0.25, 0.3) is 11.0 Å². The third-order valence-electron chi connectivity index (χ3n) is 1.62. The summed E-state index contributed by atoms with van der Waals surface area (Å²) in [6.07, 6.45) is 3.50. The number of nitrogens with zero attached hydrogens (tertiary/aromatic N) is 4. The van der Waals surface area contributed by atoms with Crippen LogP contribution in [0.15, 0.2) is 18.5 Å². The third-order valence-corrected chi connectivity index (χ3v) is 1.62. The fourth-order valence-corrected chi connectivity index (χ4v) is 1.05. The molecule has 0 bridgehead atoms. The predicted octanol–water partition coefficient (Wildman–Crippen LogP) is 0.846. The molecule has 0 unspecified atom stereocenters. The summed E-state index contributed by atoms with van der Waals surface area (Å²) in [6.45, 7) is 2.86. The number of hydrogen-bond acceptors (Lipinski definition) is 3. The minimum Gasteiger partial charge on any atom is -0.262 e. The van der Waals surface area contributed by atoms with Gasteiger partial charge in [-0.1, -0.05) is 5.21 Å². The van der Waals surface area contributed by atoms with Gasteiger partial charge in [0.15, 0.2) is 0 Å². The Morgan fingerprint density at radius 1 is 1.55 bits per heavy atom. The van der Waals surface area contributed by atoms with Crippen LogP contribution in [-0.4, -0.2) is 20.0 Å². The zero-order valence-electron chi connectivity index (χ0n) is 6.23. The molecule has 2 heterocycles. The fraction of sp³-hybridized carbons (Fsp3) is 0.286. The summed E-state index contributed by atoms with van der Waals surface area (Å²) in [5, 5.41) is 7.90. The maximum absolute atomic E-state index is 3.99. The molecule has 56 valence electrons. The van der Waals surface area contributed by atoms with E-state index in [1.54, 1.807) is 12.4 Å². The first-order valence-electron chi connectivity index (χ1n) is 3.55. The van der Waals surface area contributed by atoms with Gasteiger partial charge in [-0.25, -0.2) is 4.68 Å². The molecule has 4 nitrogen and oxygen atoms in total. The molecule has 2 aromatic rings. The Kier molecular flexibility index (Phi) is 1.31. The molecule has 0 aliphatic carbocycles. The van der Waals surface area contributed by atoms with E-state index in [0.29, 0.717) is 0 Å². The minimum atomic E-state index is 0.836. The number of pyridine rings is 1. The van der Waals surface area contributed by atoms with Crippen molar-refractivity contribution in [2.45, 2.75) is 13.5 Å². The molecule has 0 radical (unpaired) electrons. The summed E-state index contributed by atoms with van der Waals surface area (Å²) in [5.74, 6) is 0. The molecule has 4 heteroatoms. The largest absolute Gasteiger partial charge is 0.262 e. The summed E-state index contributed by atoms with van der Waals surface area (Å²) in [6, 6.07) is 1.86. The first-order valence-corrected chi connectivity index (χ1v) is 3.55. The van der Waals surface area contributed by atoms with Gasteiger partial charge in [0.05, 0.1) is 6.20 Å². The molecule has 0 saturated heterocycles. The fourth-order valence-electron chi connectivity index (χ4n) is 1.05. The van der Waals surface area contributed by atoms with E-state index in [1.807, 2.05) is 17.7 Å². The molecule has 0 N–H and O–H groups in total. The van der Waals surface area contributed by atoms with Crippen molar-refractivity contribution >= 4 is 11.0 Å². The predicted molar refractivity (Wildman–Crippen MR) is 41.0 cm³/mol. The van der Waals surface area contributed by atoms with E-state index in [9.17, 15) is 0 Å². The average molecular weight is 148 g/mol. The number of fused-ring (bicyclic) bond motifs is 1. The van der Waals surface area contributed by atoms with E-state index in [2.05, 4.69) is 15.3 Å². The van der Waals surface area contributed by atoms with E-state index >= 15 is 0 Å². The average Bonchev–Trinajstić information content (AvgIpc) is 2.47. The van der Waals surface area contributed by atoms with Crippen LogP contribution < -0.4 is 0 Å². The van der Waals surface area contributed by atoms with Crippen molar-refractivity contribution in [3.63, 3.8) is 0 Å². The second-order valence-corrected chi connectivity index (χ2v) is 2.27. The molecular weight excluding hydrogens is 140 g/mol. The second kappa shape index (κ2) is 2.30. The van der Waals surface area contributed by atoms with Gasteiger partial charge in [0, 0.05) is 12.7 Å². The van der Waals surface area contributed by atoms with Crippen LogP contribution in [0.3, 0.4) is 0 Å². The maximum Gasteiger partial charge on any atom is 0.116 e. The van der Waals surface area contributed by atoms with Gasteiger partial charge in [-0.2, -0.15) is 0 Å². The first-order chi connectivity index (χ1) is 5.42. The van der Waals surface area contributed by atoms with Crippen LogP contribution in [0.5, 0.6) is 0 Å². The van der Waals surface area contributed by atoms with Crippen molar-refractivity contribution in [2.75, 3.05) is 0 Å². The van der Waals surface area contributed by atoms with Gasteiger partial charge < -0.3 is 0 Å². The molecule has 0 aliphatic rings. The van der Waals surface area contributed by atoms with Gasteiger partial charge in [-0.05, 0) is 13.0 Å². The van der Waals surface area contributed by atoms with Crippen LogP contribution in [0.4, 0.5) is 0 Å². The first kappa shape index (κ1) is 6.27. The minimum absolute atomic E-state index is 0.836. The second-order valence-electron chi connectivity index (χ2n) is 2.27. The van der Waals surface area contributed by atoms with Gasteiger partial charge in [-0.3, -0.25) is 4.98 Å². The Bertz CT molecular complexity index is 365. The molecule has 11 heavy (non-hydrogen) atoms. The summed E-state index contributed by atoms with van der Waals surface area (Å²) in [4.78, 5) is 3.99. The Balaban J connectivity index is 2.76.